The van der Waals surface area contributed by atoms with Crippen LogP contribution in [0, 0.1) is 4.77 Å². The summed E-state index contributed by atoms with van der Waals surface area (Å²) in [6.07, 6.45) is 0.581. The molecule has 0 spiro atoms. The molecule has 1 atom stereocenters. The van der Waals surface area contributed by atoms with Crippen molar-refractivity contribution in [1.29, 1.82) is 0 Å². The fourth-order valence-corrected chi connectivity index (χ4v) is 4.50. The van der Waals surface area contributed by atoms with Gasteiger partial charge >= 0.3 is 6.09 Å². The molecule has 1 unspecified atom stereocenters. The van der Waals surface area contributed by atoms with Crippen molar-refractivity contribution in [2.45, 2.75) is 45.8 Å². The highest BCUT2D eigenvalue weighted by Crippen LogP contribution is 2.25. The van der Waals surface area contributed by atoms with Gasteiger partial charge in [0.1, 0.15) is 11.6 Å². The zero-order chi connectivity index (χ0) is 23.3. The molecular formula is C21H32N6O3S2. The molecule has 2 N–H and O–H groups in total. The lowest BCUT2D eigenvalue weighted by molar-refractivity contribution is -0.123. The molecule has 0 radical (unpaired) electrons. The van der Waals surface area contributed by atoms with E-state index in [0.29, 0.717) is 30.2 Å². The molecule has 2 aromatic rings. The second kappa shape index (κ2) is 10.6. The van der Waals surface area contributed by atoms with Crippen LogP contribution in [0.25, 0.3) is 10.7 Å². The first-order valence-corrected chi connectivity index (χ1v) is 12.1. The van der Waals surface area contributed by atoms with Crippen LogP contribution in [0.2, 0.25) is 0 Å². The summed E-state index contributed by atoms with van der Waals surface area (Å²) in [7, 11) is 0. The average molecular weight is 481 g/mol. The van der Waals surface area contributed by atoms with E-state index in [2.05, 4.69) is 20.4 Å². The zero-order valence-corrected chi connectivity index (χ0v) is 20.7. The van der Waals surface area contributed by atoms with Gasteiger partial charge in [-0.3, -0.25) is 19.4 Å². The number of carbonyl (C=O) groups is 2. The van der Waals surface area contributed by atoms with Gasteiger partial charge in [-0.05, 0) is 64.3 Å². The molecule has 3 rings (SSSR count). The van der Waals surface area contributed by atoms with E-state index < -0.39 is 11.6 Å². The average Bonchev–Trinajstić information content (AvgIpc) is 3.39. The number of hydrogen-bond donors (Lipinski definition) is 2. The third kappa shape index (κ3) is 6.39. The standard InChI is InChI=1S/C21H32N6O3S2/c1-15(27-17(23-24-19(27)31)16-7-5-14-32-16)18(28)22-8-6-9-25-10-12-26(13-11-25)20(29)30-21(2,3)4/h5,7,14-15H,6,8-13H2,1-4H3,(H,22,28)(H,24,31). The van der Waals surface area contributed by atoms with Gasteiger partial charge in [-0.15, -0.1) is 11.3 Å². The van der Waals surface area contributed by atoms with Crippen LogP contribution < -0.4 is 5.32 Å². The second-order valence-corrected chi connectivity index (χ2v) is 10.2. The molecular weight excluding hydrogens is 448 g/mol. The van der Waals surface area contributed by atoms with Crippen molar-refractivity contribution in [2.75, 3.05) is 39.3 Å². The van der Waals surface area contributed by atoms with Crippen molar-refractivity contribution >= 4 is 35.6 Å². The normalized spacial score (nSPS) is 16.1. The van der Waals surface area contributed by atoms with Crippen LogP contribution in [0.3, 0.4) is 0 Å². The van der Waals surface area contributed by atoms with Crippen molar-refractivity contribution in [3.05, 3.63) is 22.3 Å². The van der Waals surface area contributed by atoms with Gasteiger partial charge in [0, 0.05) is 32.7 Å². The third-order valence-electron chi connectivity index (χ3n) is 5.19. The molecule has 0 aromatic carbocycles. The van der Waals surface area contributed by atoms with Crippen LogP contribution in [-0.4, -0.2) is 81.4 Å². The maximum absolute atomic E-state index is 12.7. The number of ether oxygens (including phenoxy) is 1. The van der Waals surface area contributed by atoms with Crippen LogP contribution in [0.15, 0.2) is 17.5 Å². The summed E-state index contributed by atoms with van der Waals surface area (Å²) in [6.45, 7) is 11.8. The predicted molar refractivity (Wildman–Crippen MR) is 127 cm³/mol. The first-order valence-electron chi connectivity index (χ1n) is 10.8. The molecule has 3 heterocycles. The van der Waals surface area contributed by atoms with Crippen molar-refractivity contribution < 1.29 is 14.3 Å². The van der Waals surface area contributed by atoms with Gasteiger partial charge in [-0.1, -0.05) is 6.07 Å². The van der Waals surface area contributed by atoms with Crippen LogP contribution in [0.4, 0.5) is 4.79 Å². The Morgan fingerprint density at radius 1 is 1.31 bits per heavy atom. The Bertz CT molecular complexity index is 955. The fraction of sp³-hybridized carbons (Fsp3) is 0.619. The van der Waals surface area contributed by atoms with Gasteiger partial charge in [-0.25, -0.2) is 4.79 Å². The Labute approximate surface area is 197 Å². The van der Waals surface area contributed by atoms with Crippen molar-refractivity contribution in [3.8, 4) is 10.7 Å². The second-order valence-electron chi connectivity index (χ2n) is 8.83. The lowest BCUT2D eigenvalue weighted by atomic mass is 10.2. The summed E-state index contributed by atoms with van der Waals surface area (Å²) in [5, 5.41) is 12.1. The minimum Gasteiger partial charge on any atom is -0.444 e. The number of H-pyrrole nitrogens is 1. The highest BCUT2D eigenvalue weighted by Gasteiger charge is 2.26. The molecule has 176 valence electrons. The number of rotatable bonds is 7. The van der Waals surface area contributed by atoms with Crippen LogP contribution in [0.5, 0.6) is 0 Å². The minimum atomic E-state index is -0.477. The first-order chi connectivity index (χ1) is 15.2. The Kier molecular flexibility index (Phi) is 8.07. The van der Waals surface area contributed by atoms with E-state index in [0.717, 1.165) is 30.9 Å². The van der Waals surface area contributed by atoms with E-state index in [9.17, 15) is 9.59 Å². The van der Waals surface area contributed by atoms with Crippen LogP contribution in [-0.2, 0) is 9.53 Å². The van der Waals surface area contributed by atoms with Gasteiger partial charge in [0.15, 0.2) is 10.6 Å². The number of piperazine rings is 1. The zero-order valence-electron chi connectivity index (χ0n) is 19.1. The van der Waals surface area contributed by atoms with E-state index in [-0.39, 0.29) is 12.0 Å². The number of carbonyl (C=O) groups excluding carboxylic acids is 2. The summed E-state index contributed by atoms with van der Waals surface area (Å²) in [5.41, 5.74) is -0.477. The number of nitrogens with zero attached hydrogens (tertiary/aromatic N) is 4. The van der Waals surface area contributed by atoms with Gasteiger partial charge in [-0.2, -0.15) is 5.10 Å². The van der Waals surface area contributed by atoms with E-state index in [4.69, 9.17) is 17.0 Å². The van der Waals surface area contributed by atoms with E-state index >= 15 is 0 Å². The molecule has 1 aliphatic heterocycles. The Hall–Kier alpha value is -2.24. The molecule has 2 amide bonds. The highest BCUT2D eigenvalue weighted by molar-refractivity contribution is 7.71. The Balaban J connectivity index is 1.41. The summed E-state index contributed by atoms with van der Waals surface area (Å²) >= 11 is 6.90. The number of thiophene rings is 1. The van der Waals surface area contributed by atoms with E-state index in [1.165, 1.54) is 0 Å². The fourth-order valence-electron chi connectivity index (χ4n) is 3.50. The highest BCUT2D eigenvalue weighted by atomic mass is 32.1. The minimum absolute atomic E-state index is 0.0879. The largest absolute Gasteiger partial charge is 0.444 e. The quantitative estimate of drug-likeness (QED) is 0.466. The molecule has 9 nitrogen and oxygen atoms in total. The van der Waals surface area contributed by atoms with Crippen LogP contribution in [0.1, 0.15) is 40.2 Å². The first kappa shape index (κ1) is 24.4. The van der Waals surface area contributed by atoms with Gasteiger partial charge in [0.25, 0.3) is 0 Å². The molecule has 2 aromatic heterocycles. The number of amides is 2. The van der Waals surface area contributed by atoms with Crippen molar-refractivity contribution in [2.24, 2.45) is 0 Å². The number of aromatic nitrogens is 3. The Morgan fingerprint density at radius 3 is 2.66 bits per heavy atom. The molecule has 0 saturated carbocycles. The number of nitrogens with one attached hydrogen (secondary N) is 2. The molecule has 32 heavy (non-hydrogen) atoms. The Morgan fingerprint density at radius 2 is 2.03 bits per heavy atom. The topological polar surface area (TPSA) is 95.5 Å². The van der Waals surface area contributed by atoms with E-state index in [1.807, 2.05) is 45.2 Å². The molecule has 11 heteroatoms. The monoisotopic (exact) mass is 480 g/mol. The number of hydrogen-bond acceptors (Lipinski definition) is 7. The van der Waals surface area contributed by atoms with Gasteiger partial charge in [0.2, 0.25) is 5.91 Å². The van der Waals surface area contributed by atoms with E-state index in [1.54, 1.807) is 20.8 Å². The third-order valence-corrected chi connectivity index (χ3v) is 6.34. The molecule has 0 bridgehead atoms. The summed E-state index contributed by atoms with van der Waals surface area (Å²) in [6, 6.07) is 3.44. The van der Waals surface area contributed by atoms with Gasteiger partial charge in [0.05, 0.1) is 4.88 Å². The lowest BCUT2D eigenvalue weighted by Gasteiger charge is -2.35. The van der Waals surface area contributed by atoms with Gasteiger partial charge < -0.3 is 15.0 Å². The number of aromatic amines is 1. The smallest absolute Gasteiger partial charge is 0.410 e. The molecule has 0 aliphatic carbocycles. The molecule has 1 saturated heterocycles. The van der Waals surface area contributed by atoms with Crippen molar-refractivity contribution in [1.82, 2.24) is 29.9 Å². The molecule has 1 fully saturated rings. The summed E-state index contributed by atoms with van der Waals surface area (Å²) in [5.74, 6) is 0.588. The van der Waals surface area contributed by atoms with Crippen LogP contribution >= 0.6 is 23.6 Å². The summed E-state index contributed by atoms with van der Waals surface area (Å²) < 4.78 is 7.62. The predicted octanol–water partition coefficient (Wildman–Crippen LogP) is 3.29. The maximum Gasteiger partial charge on any atom is 0.410 e. The summed E-state index contributed by atoms with van der Waals surface area (Å²) in [4.78, 5) is 29.9. The lowest BCUT2D eigenvalue weighted by Crippen LogP contribution is -2.50. The van der Waals surface area contributed by atoms with Crippen molar-refractivity contribution in [3.63, 3.8) is 0 Å². The maximum atomic E-state index is 12.7. The molecule has 1 aliphatic rings. The SMILES string of the molecule is CC(C(=O)NCCCN1CCN(C(=O)OC(C)(C)C)CC1)n1c(-c2cccs2)n[nH]c1=S.